The Hall–Kier alpha value is -2.09. The number of para-hydroxylation sites is 1. The predicted molar refractivity (Wildman–Crippen MR) is 65.1 cm³/mol. The number of nitrogens with zero attached hydrogens (tertiary/aromatic N) is 4. The second-order valence-corrected chi connectivity index (χ2v) is 4.83. The lowest BCUT2D eigenvalue weighted by atomic mass is 10.3. The molecule has 1 N–H and O–H groups in total. The summed E-state index contributed by atoms with van der Waals surface area (Å²) in [5.74, 6) is -0.522. The van der Waals surface area contributed by atoms with E-state index in [4.69, 9.17) is 0 Å². The van der Waals surface area contributed by atoms with Crippen LogP contribution in [-0.4, -0.2) is 36.1 Å². The van der Waals surface area contributed by atoms with Crippen molar-refractivity contribution in [3.8, 4) is 0 Å². The van der Waals surface area contributed by atoms with Gasteiger partial charge < -0.3 is 5.32 Å². The van der Waals surface area contributed by atoms with Gasteiger partial charge in [-0.3, -0.25) is 9.00 Å². The van der Waals surface area contributed by atoms with Crippen LogP contribution < -0.4 is 5.32 Å². The molecule has 7 nitrogen and oxygen atoms in total. The average Bonchev–Trinajstić information content (AvgIpc) is 2.76. The summed E-state index contributed by atoms with van der Waals surface area (Å²) in [4.78, 5) is 11.6. The molecule has 94 valence electrons. The van der Waals surface area contributed by atoms with E-state index in [1.54, 1.807) is 31.3 Å². The second kappa shape index (κ2) is 5.50. The summed E-state index contributed by atoms with van der Waals surface area (Å²) >= 11 is 0. The van der Waals surface area contributed by atoms with Crippen molar-refractivity contribution in [2.75, 3.05) is 11.1 Å². The van der Waals surface area contributed by atoms with Crippen LogP contribution in [0, 0.1) is 0 Å². The minimum atomic E-state index is -1.55. The highest BCUT2D eigenvalue weighted by molar-refractivity contribution is 7.85. The quantitative estimate of drug-likeness (QED) is 0.837. The molecule has 0 fully saturated rings. The van der Waals surface area contributed by atoms with Crippen molar-refractivity contribution in [2.24, 2.45) is 7.05 Å². The van der Waals surface area contributed by atoms with Gasteiger partial charge in [0, 0.05) is 12.7 Å². The number of rotatable bonds is 4. The fourth-order valence-corrected chi connectivity index (χ4v) is 2.21. The molecule has 0 saturated carbocycles. The molecular weight excluding hydrogens is 254 g/mol. The summed E-state index contributed by atoms with van der Waals surface area (Å²) in [7, 11) is 0.0190. The monoisotopic (exact) mass is 265 g/mol. The minimum Gasteiger partial charge on any atom is -0.325 e. The largest absolute Gasteiger partial charge is 0.325 e. The summed E-state index contributed by atoms with van der Waals surface area (Å²) in [5, 5.41) is 13.4. The van der Waals surface area contributed by atoms with E-state index in [1.165, 1.54) is 4.68 Å². The van der Waals surface area contributed by atoms with Gasteiger partial charge in [0.2, 0.25) is 11.1 Å². The van der Waals surface area contributed by atoms with Crippen LogP contribution in [0.25, 0.3) is 0 Å². The molecule has 0 aliphatic rings. The Labute approximate surface area is 106 Å². The van der Waals surface area contributed by atoms with Crippen LogP contribution in [0.4, 0.5) is 5.69 Å². The normalized spacial score (nSPS) is 12.1. The lowest BCUT2D eigenvalue weighted by Gasteiger charge is -2.03. The minimum absolute atomic E-state index is 0.177. The summed E-state index contributed by atoms with van der Waals surface area (Å²) in [5.41, 5.74) is 0.663. The first-order valence-electron chi connectivity index (χ1n) is 5.12. The molecule has 0 aliphatic carbocycles. The van der Waals surface area contributed by atoms with Gasteiger partial charge in [-0.1, -0.05) is 23.3 Å². The molecule has 18 heavy (non-hydrogen) atoms. The molecule has 1 atom stereocenters. The third-order valence-electron chi connectivity index (χ3n) is 2.10. The van der Waals surface area contributed by atoms with Crippen LogP contribution in [-0.2, 0) is 22.6 Å². The Morgan fingerprint density at radius 1 is 1.39 bits per heavy atom. The molecule has 1 unspecified atom stereocenters. The van der Waals surface area contributed by atoms with Crippen LogP contribution in [0.2, 0.25) is 0 Å². The van der Waals surface area contributed by atoms with Gasteiger partial charge >= 0.3 is 0 Å². The molecule has 0 radical (unpaired) electrons. The van der Waals surface area contributed by atoms with Gasteiger partial charge in [-0.2, -0.15) is 0 Å². The summed E-state index contributed by atoms with van der Waals surface area (Å²) in [6.07, 6.45) is 0. The molecule has 2 aromatic rings. The van der Waals surface area contributed by atoms with Crippen molar-refractivity contribution in [1.82, 2.24) is 20.2 Å². The van der Waals surface area contributed by atoms with E-state index in [2.05, 4.69) is 20.8 Å². The van der Waals surface area contributed by atoms with Crippen LogP contribution >= 0.6 is 0 Å². The zero-order valence-corrected chi connectivity index (χ0v) is 10.4. The van der Waals surface area contributed by atoms with Crippen molar-refractivity contribution < 1.29 is 9.00 Å². The molecule has 0 bridgehead atoms. The van der Waals surface area contributed by atoms with Gasteiger partial charge in [0.25, 0.3) is 0 Å². The number of carbonyl (C=O) groups is 1. The molecule has 0 spiro atoms. The van der Waals surface area contributed by atoms with Crippen LogP contribution in [0.3, 0.4) is 0 Å². The van der Waals surface area contributed by atoms with Crippen LogP contribution in [0.5, 0.6) is 0 Å². The van der Waals surface area contributed by atoms with E-state index in [0.717, 1.165) is 0 Å². The maximum atomic E-state index is 11.8. The van der Waals surface area contributed by atoms with E-state index < -0.39 is 10.8 Å². The maximum absolute atomic E-state index is 11.8. The molecular formula is C10H11N5O2S. The fraction of sp³-hybridized carbons (Fsp3) is 0.200. The number of hydrogen-bond donors (Lipinski definition) is 1. The van der Waals surface area contributed by atoms with Gasteiger partial charge in [0.05, 0.1) is 0 Å². The van der Waals surface area contributed by atoms with Gasteiger partial charge in [-0.15, -0.1) is 0 Å². The molecule has 1 heterocycles. The fourth-order valence-electron chi connectivity index (χ4n) is 1.32. The van der Waals surface area contributed by atoms with Crippen molar-refractivity contribution in [1.29, 1.82) is 0 Å². The number of aromatic nitrogens is 4. The Bertz CT molecular complexity index is 569. The smallest absolute Gasteiger partial charge is 0.239 e. The zero-order chi connectivity index (χ0) is 13.0. The summed E-state index contributed by atoms with van der Waals surface area (Å²) in [6.45, 7) is 0. The second-order valence-electron chi connectivity index (χ2n) is 3.49. The molecule has 0 aliphatic heterocycles. The van der Waals surface area contributed by atoms with Crippen molar-refractivity contribution in [3.63, 3.8) is 0 Å². The molecule has 1 aromatic carbocycles. The van der Waals surface area contributed by atoms with Crippen molar-refractivity contribution in [2.45, 2.75) is 5.16 Å². The number of aryl methyl sites for hydroxylation is 1. The van der Waals surface area contributed by atoms with Crippen molar-refractivity contribution >= 4 is 22.4 Å². The molecule has 2 rings (SSSR count). The number of hydrogen-bond acceptors (Lipinski definition) is 5. The summed E-state index contributed by atoms with van der Waals surface area (Å²) < 4.78 is 13.1. The van der Waals surface area contributed by atoms with Gasteiger partial charge in [-0.05, 0) is 22.6 Å². The van der Waals surface area contributed by atoms with Crippen LogP contribution in [0.1, 0.15) is 0 Å². The lowest BCUT2D eigenvalue weighted by molar-refractivity contribution is -0.113. The number of tetrazole rings is 1. The van der Waals surface area contributed by atoms with E-state index in [0.29, 0.717) is 5.69 Å². The Balaban J connectivity index is 1.96. The van der Waals surface area contributed by atoms with Gasteiger partial charge in [-0.25, -0.2) is 4.68 Å². The number of amides is 1. The SMILES string of the molecule is Cn1nnnc1S(=O)CC(=O)Nc1ccccc1. The highest BCUT2D eigenvalue weighted by atomic mass is 32.2. The third kappa shape index (κ3) is 2.98. The number of benzene rings is 1. The molecule has 8 heteroatoms. The first-order chi connectivity index (χ1) is 8.66. The topological polar surface area (TPSA) is 89.8 Å². The van der Waals surface area contributed by atoms with Gasteiger partial charge in [0.1, 0.15) is 16.6 Å². The molecule has 0 saturated heterocycles. The zero-order valence-electron chi connectivity index (χ0n) is 9.61. The third-order valence-corrected chi connectivity index (χ3v) is 3.38. The molecule has 1 amide bonds. The number of nitrogens with one attached hydrogen (secondary N) is 1. The maximum Gasteiger partial charge on any atom is 0.239 e. The number of carbonyl (C=O) groups excluding carboxylic acids is 1. The highest BCUT2D eigenvalue weighted by Crippen LogP contribution is 2.06. The van der Waals surface area contributed by atoms with E-state index in [9.17, 15) is 9.00 Å². The van der Waals surface area contributed by atoms with E-state index >= 15 is 0 Å². The average molecular weight is 265 g/mol. The Kier molecular flexibility index (Phi) is 3.78. The lowest BCUT2D eigenvalue weighted by Crippen LogP contribution is -2.21. The van der Waals surface area contributed by atoms with E-state index in [1.807, 2.05) is 6.07 Å². The van der Waals surface area contributed by atoms with Gasteiger partial charge in [0.15, 0.2) is 0 Å². The van der Waals surface area contributed by atoms with E-state index in [-0.39, 0.29) is 16.8 Å². The van der Waals surface area contributed by atoms with Crippen LogP contribution in [0.15, 0.2) is 35.5 Å². The van der Waals surface area contributed by atoms with Crippen molar-refractivity contribution in [3.05, 3.63) is 30.3 Å². The standard InChI is InChI=1S/C10H11N5O2S/c1-15-10(12-13-14-15)18(17)7-9(16)11-8-5-3-2-4-6-8/h2-6H,7H2,1H3,(H,11,16). The first-order valence-corrected chi connectivity index (χ1v) is 6.44. The molecule has 1 aromatic heterocycles. The summed E-state index contributed by atoms with van der Waals surface area (Å²) in [6, 6.07) is 8.97. The highest BCUT2D eigenvalue weighted by Gasteiger charge is 2.15. The first kappa shape index (κ1) is 12.4. The predicted octanol–water partition coefficient (Wildman–Crippen LogP) is -0.0436. The Morgan fingerprint density at radius 3 is 2.72 bits per heavy atom. The number of anilines is 1. The Morgan fingerprint density at radius 2 is 2.11 bits per heavy atom.